The second-order valence-corrected chi connectivity index (χ2v) is 3.63. The first-order valence-electron chi connectivity index (χ1n) is 4.85. The summed E-state index contributed by atoms with van der Waals surface area (Å²) >= 11 is 0. The lowest BCUT2D eigenvalue weighted by Crippen LogP contribution is -2.30. The van der Waals surface area contributed by atoms with Gasteiger partial charge in [0.2, 0.25) is 0 Å². The number of hydrogen-bond acceptors (Lipinski definition) is 3. The molecule has 76 valence electrons. The van der Waals surface area contributed by atoms with Gasteiger partial charge in [0.25, 0.3) is 0 Å². The lowest BCUT2D eigenvalue weighted by molar-refractivity contribution is 0.188. The Morgan fingerprint density at radius 3 is 2.64 bits per heavy atom. The summed E-state index contributed by atoms with van der Waals surface area (Å²) in [6.07, 6.45) is 0. The molecule has 2 N–H and O–H groups in total. The SMILES string of the molecule is CNC1COCC1c1ccc(O)cc1. The van der Waals surface area contributed by atoms with E-state index in [1.54, 1.807) is 12.1 Å². The van der Waals surface area contributed by atoms with E-state index in [4.69, 9.17) is 4.74 Å². The topological polar surface area (TPSA) is 41.5 Å². The quantitative estimate of drug-likeness (QED) is 0.739. The Morgan fingerprint density at radius 2 is 2.00 bits per heavy atom. The third-order valence-corrected chi connectivity index (χ3v) is 2.77. The molecule has 0 bridgehead atoms. The maximum atomic E-state index is 9.18. The highest BCUT2D eigenvalue weighted by Crippen LogP contribution is 2.26. The molecule has 2 atom stereocenters. The number of phenols is 1. The van der Waals surface area contributed by atoms with E-state index in [0.29, 0.717) is 17.7 Å². The molecule has 1 aliphatic heterocycles. The fourth-order valence-electron chi connectivity index (χ4n) is 1.89. The van der Waals surface area contributed by atoms with E-state index in [2.05, 4.69) is 5.32 Å². The second kappa shape index (κ2) is 3.98. The fraction of sp³-hybridized carbons (Fsp3) is 0.455. The second-order valence-electron chi connectivity index (χ2n) is 3.63. The van der Waals surface area contributed by atoms with E-state index >= 15 is 0 Å². The zero-order valence-corrected chi connectivity index (χ0v) is 8.23. The summed E-state index contributed by atoms with van der Waals surface area (Å²) in [5.74, 6) is 0.717. The number of hydrogen-bond donors (Lipinski definition) is 2. The van der Waals surface area contributed by atoms with Crippen LogP contribution in [0.25, 0.3) is 0 Å². The minimum Gasteiger partial charge on any atom is -0.508 e. The maximum Gasteiger partial charge on any atom is 0.115 e. The number of aromatic hydroxyl groups is 1. The number of ether oxygens (including phenoxy) is 1. The lowest BCUT2D eigenvalue weighted by atomic mass is 9.94. The van der Waals surface area contributed by atoms with Crippen molar-refractivity contribution >= 4 is 0 Å². The van der Waals surface area contributed by atoms with Gasteiger partial charge in [0.1, 0.15) is 5.75 Å². The summed E-state index contributed by atoms with van der Waals surface area (Å²) < 4.78 is 5.42. The molecule has 0 saturated carbocycles. The number of likely N-dealkylation sites (N-methyl/N-ethyl adjacent to an activating group) is 1. The van der Waals surface area contributed by atoms with Crippen molar-refractivity contribution in [2.75, 3.05) is 20.3 Å². The average molecular weight is 193 g/mol. The minimum atomic E-state index is 0.314. The third-order valence-electron chi connectivity index (χ3n) is 2.77. The molecule has 3 heteroatoms. The molecule has 1 aromatic carbocycles. The van der Waals surface area contributed by atoms with E-state index in [1.807, 2.05) is 19.2 Å². The number of phenolic OH excluding ortho intramolecular Hbond substituents is 1. The highest BCUT2D eigenvalue weighted by molar-refractivity contribution is 5.29. The molecule has 0 aliphatic carbocycles. The largest absolute Gasteiger partial charge is 0.508 e. The Morgan fingerprint density at radius 1 is 1.29 bits per heavy atom. The molecule has 2 rings (SSSR count). The molecule has 1 fully saturated rings. The lowest BCUT2D eigenvalue weighted by Gasteiger charge is -2.16. The van der Waals surface area contributed by atoms with Crippen molar-refractivity contribution in [2.24, 2.45) is 0 Å². The van der Waals surface area contributed by atoms with Gasteiger partial charge in [-0.25, -0.2) is 0 Å². The Labute approximate surface area is 83.7 Å². The number of nitrogens with one attached hydrogen (secondary N) is 1. The highest BCUT2D eigenvalue weighted by atomic mass is 16.5. The van der Waals surface area contributed by atoms with Gasteiger partial charge < -0.3 is 15.2 Å². The first-order chi connectivity index (χ1) is 6.81. The van der Waals surface area contributed by atoms with Gasteiger partial charge in [0.15, 0.2) is 0 Å². The molecule has 3 nitrogen and oxygen atoms in total. The van der Waals surface area contributed by atoms with E-state index in [1.165, 1.54) is 5.56 Å². The summed E-state index contributed by atoms with van der Waals surface area (Å²) in [6, 6.07) is 7.75. The van der Waals surface area contributed by atoms with Crippen molar-refractivity contribution in [3.63, 3.8) is 0 Å². The van der Waals surface area contributed by atoms with Crippen molar-refractivity contribution in [1.82, 2.24) is 5.32 Å². The Kier molecular flexibility index (Phi) is 2.70. The molecule has 0 amide bonds. The van der Waals surface area contributed by atoms with Gasteiger partial charge >= 0.3 is 0 Å². The molecular formula is C11H15NO2. The fourth-order valence-corrected chi connectivity index (χ4v) is 1.89. The van der Waals surface area contributed by atoms with E-state index in [0.717, 1.165) is 13.2 Å². The number of rotatable bonds is 2. The Bertz CT molecular complexity index is 297. The van der Waals surface area contributed by atoms with Crippen LogP contribution >= 0.6 is 0 Å². The van der Waals surface area contributed by atoms with Crippen LogP contribution in [0, 0.1) is 0 Å². The molecule has 14 heavy (non-hydrogen) atoms. The van der Waals surface area contributed by atoms with Crippen LogP contribution < -0.4 is 5.32 Å². The molecule has 1 saturated heterocycles. The van der Waals surface area contributed by atoms with Crippen molar-refractivity contribution in [1.29, 1.82) is 0 Å². The molecule has 1 aromatic rings. The molecule has 1 heterocycles. The van der Waals surface area contributed by atoms with Gasteiger partial charge in [0.05, 0.1) is 13.2 Å². The molecule has 0 radical (unpaired) electrons. The third kappa shape index (κ3) is 1.74. The average Bonchev–Trinajstić information content (AvgIpc) is 2.67. The Hall–Kier alpha value is -1.06. The number of benzene rings is 1. The molecule has 0 aromatic heterocycles. The maximum absolute atomic E-state index is 9.18. The molecule has 1 aliphatic rings. The van der Waals surface area contributed by atoms with E-state index < -0.39 is 0 Å². The van der Waals surface area contributed by atoms with Crippen LogP contribution in [0.2, 0.25) is 0 Å². The standard InChI is InChI=1S/C11H15NO2/c1-12-11-7-14-6-10(11)8-2-4-9(13)5-3-8/h2-5,10-13H,6-7H2,1H3. The first kappa shape index (κ1) is 9.49. The van der Waals surface area contributed by atoms with Crippen molar-refractivity contribution in [2.45, 2.75) is 12.0 Å². The van der Waals surface area contributed by atoms with Crippen LogP contribution in [-0.4, -0.2) is 31.4 Å². The highest BCUT2D eigenvalue weighted by Gasteiger charge is 2.27. The smallest absolute Gasteiger partial charge is 0.115 e. The summed E-state index contributed by atoms with van der Waals surface area (Å²) in [6.45, 7) is 1.53. The van der Waals surface area contributed by atoms with Gasteiger partial charge in [-0.05, 0) is 24.7 Å². The predicted molar refractivity (Wildman–Crippen MR) is 54.5 cm³/mol. The van der Waals surface area contributed by atoms with Crippen LogP contribution in [0.5, 0.6) is 5.75 Å². The first-order valence-corrected chi connectivity index (χ1v) is 4.85. The zero-order chi connectivity index (χ0) is 9.97. The molecular weight excluding hydrogens is 178 g/mol. The summed E-state index contributed by atoms with van der Waals surface area (Å²) in [4.78, 5) is 0. The van der Waals surface area contributed by atoms with Crippen LogP contribution in [0.15, 0.2) is 24.3 Å². The van der Waals surface area contributed by atoms with Crippen molar-refractivity contribution in [3.8, 4) is 5.75 Å². The molecule has 2 unspecified atom stereocenters. The molecule has 0 spiro atoms. The van der Waals surface area contributed by atoms with Crippen molar-refractivity contribution in [3.05, 3.63) is 29.8 Å². The van der Waals surface area contributed by atoms with Crippen molar-refractivity contribution < 1.29 is 9.84 Å². The van der Waals surface area contributed by atoms with Crippen LogP contribution in [0.1, 0.15) is 11.5 Å². The Balaban J connectivity index is 2.17. The van der Waals surface area contributed by atoms with Gasteiger partial charge in [-0.15, -0.1) is 0 Å². The monoisotopic (exact) mass is 193 g/mol. The zero-order valence-electron chi connectivity index (χ0n) is 8.23. The predicted octanol–water partition coefficient (Wildman–Crippen LogP) is 1.09. The summed E-state index contributed by atoms with van der Waals surface area (Å²) in [5, 5.41) is 12.4. The normalized spacial score (nSPS) is 26.6. The van der Waals surface area contributed by atoms with Crippen LogP contribution in [0.4, 0.5) is 0 Å². The summed E-state index contributed by atoms with van der Waals surface area (Å²) in [5.41, 5.74) is 1.22. The van der Waals surface area contributed by atoms with Gasteiger partial charge in [-0.1, -0.05) is 12.1 Å². The van der Waals surface area contributed by atoms with Crippen LogP contribution in [0.3, 0.4) is 0 Å². The minimum absolute atomic E-state index is 0.314. The van der Waals surface area contributed by atoms with E-state index in [9.17, 15) is 5.11 Å². The van der Waals surface area contributed by atoms with Gasteiger partial charge in [-0.2, -0.15) is 0 Å². The van der Waals surface area contributed by atoms with Gasteiger partial charge in [-0.3, -0.25) is 0 Å². The summed E-state index contributed by atoms with van der Waals surface area (Å²) in [7, 11) is 1.95. The van der Waals surface area contributed by atoms with Crippen LogP contribution in [-0.2, 0) is 4.74 Å². The van der Waals surface area contributed by atoms with Gasteiger partial charge in [0, 0.05) is 12.0 Å². The van der Waals surface area contributed by atoms with E-state index in [-0.39, 0.29) is 0 Å².